The third-order valence-electron chi connectivity index (χ3n) is 1.35. The summed E-state index contributed by atoms with van der Waals surface area (Å²) in [4.78, 5) is 12.7. The van der Waals surface area contributed by atoms with Crippen LogP contribution in [0, 0.1) is 0 Å². The van der Waals surface area contributed by atoms with Gasteiger partial charge < -0.3 is 4.74 Å². The summed E-state index contributed by atoms with van der Waals surface area (Å²) >= 11 is 0. The zero-order chi connectivity index (χ0) is 9.23. The van der Waals surface area contributed by atoms with E-state index in [0.29, 0.717) is 6.61 Å². The van der Waals surface area contributed by atoms with Crippen molar-refractivity contribution in [1.82, 2.24) is 0 Å². The maximum atomic E-state index is 10.4. The minimum atomic E-state index is -0.839. The lowest BCUT2D eigenvalue weighted by molar-refractivity contribution is 0.154. The Morgan fingerprint density at radius 2 is 2.25 bits per heavy atom. The Balaban J connectivity index is 3.19. The maximum Gasteiger partial charge on any atom is 0.396 e. The van der Waals surface area contributed by atoms with Crippen molar-refractivity contribution in [2.24, 2.45) is 5.11 Å². The van der Waals surface area contributed by atoms with Crippen LogP contribution < -0.4 is 0 Å². The van der Waals surface area contributed by atoms with Gasteiger partial charge in [-0.25, -0.2) is 4.79 Å². The molecule has 0 saturated carbocycles. The molecule has 0 radical (unpaired) electrons. The number of nitrogens with zero attached hydrogens (tertiary/aromatic N) is 3. The molecule has 0 fully saturated rings. The van der Waals surface area contributed by atoms with E-state index in [1.54, 1.807) is 0 Å². The minimum absolute atomic E-state index is 0.345. The second-order valence-electron chi connectivity index (χ2n) is 2.36. The fourth-order valence-electron chi connectivity index (χ4n) is 0.754. The van der Waals surface area contributed by atoms with Crippen LogP contribution in [0.5, 0.6) is 0 Å². The van der Waals surface area contributed by atoms with Gasteiger partial charge in [0, 0.05) is 10.0 Å². The molecular formula is C7H13N3O2. The molecule has 68 valence electrons. The fraction of sp³-hybridized carbons (Fsp3) is 0.857. The molecule has 0 atom stereocenters. The number of unbranched alkanes of at least 4 members (excludes halogenated alkanes) is 3. The quantitative estimate of drug-likeness (QED) is 0.276. The predicted molar refractivity (Wildman–Crippen MR) is 44.6 cm³/mol. The topological polar surface area (TPSA) is 75.1 Å². The molecule has 12 heavy (non-hydrogen) atoms. The summed E-state index contributed by atoms with van der Waals surface area (Å²) in [6, 6.07) is 0. The standard InChI is InChI=1S/C7H13N3O2/c1-2-3-4-5-6-12-7(11)9-10-8/h2-6H2,1H3. The van der Waals surface area contributed by atoms with Crippen LogP contribution in [0.3, 0.4) is 0 Å². The first kappa shape index (κ1) is 10.8. The molecule has 0 aromatic rings. The zero-order valence-corrected chi connectivity index (χ0v) is 7.19. The molecule has 0 aliphatic heterocycles. The number of hydrogen-bond acceptors (Lipinski definition) is 2. The van der Waals surface area contributed by atoms with Crippen LogP contribution >= 0.6 is 0 Å². The zero-order valence-electron chi connectivity index (χ0n) is 7.19. The monoisotopic (exact) mass is 171 g/mol. The summed E-state index contributed by atoms with van der Waals surface area (Å²) in [5, 5.41) is 2.76. The van der Waals surface area contributed by atoms with Crippen LogP contribution in [0.15, 0.2) is 5.11 Å². The molecule has 0 saturated heterocycles. The smallest absolute Gasteiger partial charge is 0.396 e. The molecule has 1 amide bonds. The largest absolute Gasteiger partial charge is 0.461 e. The molecule has 0 unspecified atom stereocenters. The maximum absolute atomic E-state index is 10.4. The van der Waals surface area contributed by atoms with E-state index in [0.717, 1.165) is 25.7 Å². The highest BCUT2D eigenvalue weighted by molar-refractivity contribution is 5.67. The first-order valence-electron chi connectivity index (χ1n) is 4.03. The summed E-state index contributed by atoms with van der Waals surface area (Å²) in [5.41, 5.74) is 7.83. The number of ether oxygens (including phenoxy) is 1. The Labute approximate surface area is 71.3 Å². The molecule has 5 nitrogen and oxygen atoms in total. The molecule has 0 aromatic carbocycles. The fourth-order valence-corrected chi connectivity index (χ4v) is 0.754. The van der Waals surface area contributed by atoms with Crippen molar-refractivity contribution in [2.45, 2.75) is 32.6 Å². The highest BCUT2D eigenvalue weighted by Gasteiger charge is 1.95. The van der Waals surface area contributed by atoms with Crippen molar-refractivity contribution < 1.29 is 9.53 Å². The van der Waals surface area contributed by atoms with E-state index in [1.807, 2.05) is 0 Å². The van der Waals surface area contributed by atoms with Gasteiger partial charge in [-0.15, -0.1) is 0 Å². The van der Waals surface area contributed by atoms with Gasteiger partial charge in [-0.3, -0.25) is 0 Å². The van der Waals surface area contributed by atoms with Crippen molar-refractivity contribution >= 4 is 6.09 Å². The summed E-state index contributed by atoms with van der Waals surface area (Å²) in [6.45, 7) is 2.45. The summed E-state index contributed by atoms with van der Waals surface area (Å²) in [5.74, 6) is 0. The Morgan fingerprint density at radius 1 is 1.50 bits per heavy atom. The van der Waals surface area contributed by atoms with Gasteiger partial charge in [-0.05, 0) is 12.0 Å². The van der Waals surface area contributed by atoms with Gasteiger partial charge in [0.25, 0.3) is 0 Å². The van der Waals surface area contributed by atoms with Crippen LogP contribution in [0.1, 0.15) is 32.6 Å². The lowest BCUT2D eigenvalue weighted by Gasteiger charge is -1.99. The number of azide groups is 1. The van der Waals surface area contributed by atoms with Crippen LogP contribution in [-0.4, -0.2) is 12.7 Å². The third-order valence-corrected chi connectivity index (χ3v) is 1.35. The lowest BCUT2D eigenvalue weighted by atomic mass is 10.2. The molecule has 0 rings (SSSR count). The summed E-state index contributed by atoms with van der Waals surface area (Å²) in [6.07, 6.45) is 3.32. The van der Waals surface area contributed by atoms with Crippen LogP contribution in [0.2, 0.25) is 0 Å². The van der Waals surface area contributed by atoms with Gasteiger partial charge in [-0.2, -0.15) is 0 Å². The van der Waals surface area contributed by atoms with E-state index >= 15 is 0 Å². The Kier molecular flexibility index (Phi) is 7.08. The highest BCUT2D eigenvalue weighted by atomic mass is 16.5. The van der Waals surface area contributed by atoms with Crippen molar-refractivity contribution in [2.75, 3.05) is 6.61 Å². The summed E-state index contributed by atoms with van der Waals surface area (Å²) < 4.78 is 4.57. The van der Waals surface area contributed by atoms with Crippen molar-refractivity contribution in [3.05, 3.63) is 10.4 Å². The average molecular weight is 171 g/mol. The van der Waals surface area contributed by atoms with E-state index in [4.69, 9.17) is 5.53 Å². The number of amides is 1. The normalized spacial score (nSPS) is 8.75. The van der Waals surface area contributed by atoms with Gasteiger partial charge >= 0.3 is 6.09 Å². The van der Waals surface area contributed by atoms with Crippen molar-refractivity contribution in [1.29, 1.82) is 0 Å². The van der Waals surface area contributed by atoms with Gasteiger partial charge in [0.2, 0.25) is 0 Å². The van der Waals surface area contributed by atoms with E-state index in [-0.39, 0.29) is 0 Å². The Hall–Kier alpha value is -1.22. The van der Waals surface area contributed by atoms with E-state index in [1.165, 1.54) is 0 Å². The number of hydrogen-bond donors (Lipinski definition) is 0. The molecule has 0 bridgehead atoms. The van der Waals surface area contributed by atoms with Crippen LogP contribution in [0.4, 0.5) is 4.79 Å². The van der Waals surface area contributed by atoms with Gasteiger partial charge in [-0.1, -0.05) is 26.2 Å². The number of carbonyl (C=O) groups excluding carboxylic acids is 1. The lowest BCUT2D eigenvalue weighted by Crippen LogP contribution is -1.99. The SMILES string of the molecule is CCCCCCOC(=O)N=[N+]=[N-]. The minimum Gasteiger partial charge on any atom is -0.461 e. The van der Waals surface area contributed by atoms with Crippen LogP contribution in [-0.2, 0) is 4.74 Å². The molecule has 0 N–H and O–H groups in total. The van der Waals surface area contributed by atoms with Gasteiger partial charge in [0.1, 0.15) is 0 Å². The first-order chi connectivity index (χ1) is 5.81. The predicted octanol–water partition coefficient (Wildman–Crippen LogP) is 3.01. The third kappa shape index (κ3) is 6.89. The molecule has 0 spiro atoms. The Morgan fingerprint density at radius 3 is 2.83 bits per heavy atom. The van der Waals surface area contributed by atoms with Crippen molar-refractivity contribution in [3.63, 3.8) is 0 Å². The van der Waals surface area contributed by atoms with Crippen molar-refractivity contribution in [3.8, 4) is 0 Å². The second kappa shape index (κ2) is 7.88. The second-order valence-corrected chi connectivity index (χ2v) is 2.36. The van der Waals surface area contributed by atoms with E-state index in [9.17, 15) is 4.79 Å². The van der Waals surface area contributed by atoms with Crippen LogP contribution in [0.25, 0.3) is 10.4 Å². The highest BCUT2D eigenvalue weighted by Crippen LogP contribution is 1.99. The number of rotatable bonds is 5. The molecular weight excluding hydrogens is 158 g/mol. The molecule has 0 heterocycles. The van der Waals surface area contributed by atoms with Gasteiger partial charge in [0.05, 0.1) is 6.61 Å². The van der Waals surface area contributed by atoms with E-state index in [2.05, 4.69) is 21.7 Å². The molecule has 0 aromatic heterocycles. The molecule has 0 aliphatic carbocycles. The summed E-state index contributed by atoms with van der Waals surface area (Å²) in [7, 11) is 0. The Bertz CT molecular complexity index is 175. The first-order valence-corrected chi connectivity index (χ1v) is 4.03. The molecule has 5 heteroatoms. The number of carbonyl (C=O) groups is 1. The average Bonchev–Trinajstić information content (AvgIpc) is 2.05. The van der Waals surface area contributed by atoms with Gasteiger partial charge in [0.15, 0.2) is 0 Å². The molecule has 0 aliphatic rings. The van der Waals surface area contributed by atoms with E-state index < -0.39 is 6.09 Å².